The highest BCUT2D eigenvalue weighted by molar-refractivity contribution is 7.12. The molecule has 0 bridgehead atoms. The molecule has 1 amide bonds. The van der Waals surface area contributed by atoms with Crippen molar-refractivity contribution in [2.75, 3.05) is 0 Å². The Kier molecular flexibility index (Phi) is 4.40. The minimum atomic E-state index is 0.121. The van der Waals surface area contributed by atoms with Crippen molar-refractivity contribution in [3.63, 3.8) is 0 Å². The molecule has 0 aliphatic heterocycles. The van der Waals surface area contributed by atoms with E-state index < -0.39 is 0 Å². The Morgan fingerprint density at radius 3 is 2.89 bits per heavy atom. The maximum Gasteiger partial charge on any atom is 0.223 e. The summed E-state index contributed by atoms with van der Waals surface area (Å²) in [6, 6.07) is 2.37. The molecule has 0 radical (unpaired) electrons. The van der Waals surface area contributed by atoms with E-state index in [1.807, 2.05) is 0 Å². The van der Waals surface area contributed by atoms with Crippen molar-refractivity contribution in [2.24, 2.45) is 11.7 Å². The molecule has 3 nitrogen and oxygen atoms in total. The lowest BCUT2D eigenvalue weighted by molar-refractivity contribution is -0.126. The third-order valence-corrected chi connectivity index (χ3v) is 4.89. The van der Waals surface area contributed by atoms with E-state index in [1.54, 1.807) is 11.3 Å². The fraction of sp³-hybridized carbons (Fsp3) is 0.643. The first-order chi connectivity index (χ1) is 8.56. The summed E-state index contributed by atoms with van der Waals surface area (Å²) in [5.74, 6) is 0.296. The van der Waals surface area contributed by atoms with Crippen molar-refractivity contribution in [1.29, 1.82) is 0 Å². The molecule has 0 aromatic carbocycles. The van der Waals surface area contributed by atoms with Gasteiger partial charge in [0.05, 0.1) is 6.54 Å². The van der Waals surface area contributed by atoms with Gasteiger partial charge in [0.15, 0.2) is 0 Å². The van der Waals surface area contributed by atoms with Crippen molar-refractivity contribution < 1.29 is 4.79 Å². The van der Waals surface area contributed by atoms with Crippen LogP contribution in [-0.2, 0) is 11.3 Å². The zero-order chi connectivity index (χ0) is 13.1. The molecule has 0 saturated heterocycles. The number of amides is 1. The molecule has 18 heavy (non-hydrogen) atoms. The highest BCUT2D eigenvalue weighted by Gasteiger charge is 2.25. The normalized spacial score (nSPS) is 23.9. The molecule has 0 spiro atoms. The Bertz CT molecular complexity index is 408. The van der Waals surface area contributed by atoms with E-state index in [0.29, 0.717) is 6.54 Å². The Labute approximate surface area is 113 Å². The van der Waals surface area contributed by atoms with E-state index >= 15 is 0 Å². The number of rotatable bonds is 3. The molecule has 2 rings (SSSR count). The molecule has 1 aromatic heterocycles. The summed E-state index contributed by atoms with van der Waals surface area (Å²) in [7, 11) is 0. The predicted octanol–water partition coefficient (Wildman–Crippen LogP) is 2.50. The van der Waals surface area contributed by atoms with Crippen LogP contribution in [0.25, 0.3) is 0 Å². The van der Waals surface area contributed by atoms with Crippen LogP contribution >= 0.6 is 11.3 Å². The maximum absolute atomic E-state index is 12.0. The topological polar surface area (TPSA) is 55.1 Å². The van der Waals surface area contributed by atoms with Crippen LogP contribution in [-0.4, -0.2) is 11.9 Å². The highest BCUT2D eigenvalue weighted by atomic mass is 32.1. The molecule has 1 aromatic rings. The summed E-state index contributed by atoms with van der Waals surface area (Å²) in [4.78, 5) is 14.6. The van der Waals surface area contributed by atoms with Gasteiger partial charge in [-0.1, -0.05) is 6.42 Å². The van der Waals surface area contributed by atoms with Crippen molar-refractivity contribution in [3.8, 4) is 0 Å². The second kappa shape index (κ2) is 5.85. The van der Waals surface area contributed by atoms with Gasteiger partial charge in [0.2, 0.25) is 5.91 Å². The third kappa shape index (κ3) is 3.33. The van der Waals surface area contributed by atoms with E-state index in [0.717, 1.165) is 25.7 Å². The molecule has 4 heteroatoms. The van der Waals surface area contributed by atoms with Gasteiger partial charge in [0.1, 0.15) is 0 Å². The SMILES string of the molecule is Cc1cc(CNC(=O)C2CCCC(N)C2)sc1C. The first kappa shape index (κ1) is 13.6. The lowest BCUT2D eigenvalue weighted by Crippen LogP contribution is -2.37. The maximum atomic E-state index is 12.0. The number of carbonyl (C=O) groups is 1. The average molecular weight is 266 g/mol. The van der Waals surface area contributed by atoms with E-state index in [1.165, 1.54) is 15.3 Å². The zero-order valence-electron chi connectivity index (χ0n) is 11.2. The summed E-state index contributed by atoms with van der Waals surface area (Å²) >= 11 is 1.76. The highest BCUT2D eigenvalue weighted by Crippen LogP contribution is 2.24. The third-order valence-electron chi connectivity index (χ3n) is 3.74. The van der Waals surface area contributed by atoms with Crippen LogP contribution in [0.5, 0.6) is 0 Å². The molecule has 1 saturated carbocycles. The monoisotopic (exact) mass is 266 g/mol. The van der Waals surface area contributed by atoms with Crippen LogP contribution in [0.1, 0.15) is 41.0 Å². The fourth-order valence-electron chi connectivity index (χ4n) is 2.52. The molecule has 1 heterocycles. The zero-order valence-corrected chi connectivity index (χ0v) is 12.0. The summed E-state index contributed by atoms with van der Waals surface area (Å²) in [6.45, 7) is 4.88. The molecule has 1 aliphatic carbocycles. The largest absolute Gasteiger partial charge is 0.351 e. The van der Waals surface area contributed by atoms with Crippen molar-refractivity contribution >= 4 is 17.2 Å². The molecule has 100 valence electrons. The second-order valence-corrected chi connectivity index (χ2v) is 6.63. The minimum absolute atomic E-state index is 0.121. The van der Waals surface area contributed by atoms with Crippen LogP contribution in [0.15, 0.2) is 6.07 Å². The predicted molar refractivity (Wildman–Crippen MR) is 75.6 cm³/mol. The average Bonchev–Trinajstić information content (AvgIpc) is 2.66. The van der Waals surface area contributed by atoms with Gasteiger partial charge in [-0.2, -0.15) is 0 Å². The number of nitrogens with one attached hydrogen (secondary N) is 1. The number of hydrogen-bond acceptors (Lipinski definition) is 3. The summed E-state index contributed by atoms with van der Waals surface area (Å²) < 4.78 is 0. The van der Waals surface area contributed by atoms with Crippen LogP contribution in [0.4, 0.5) is 0 Å². The van der Waals surface area contributed by atoms with Crippen molar-refractivity contribution in [2.45, 2.75) is 52.1 Å². The van der Waals surface area contributed by atoms with Gasteiger partial charge in [0, 0.05) is 21.7 Å². The van der Waals surface area contributed by atoms with Crippen molar-refractivity contribution in [1.82, 2.24) is 5.32 Å². The minimum Gasteiger partial charge on any atom is -0.351 e. The molecule has 1 aliphatic rings. The number of hydrogen-bond donors (Lipinski definition) is 2. The Balaban J connectivity index is 1.84. The second-order valence-electron chi connectivity index (χ2n) is 5.29. The first-order valence-corrected chi connectivity index (χ1v) is 7.47. The van der Waals surface area contributed by atoms with Gasteiger partial charge in [0.25, 0.3) is 0 Å². The molecule has 1 fully saturated rings. The van der Waals surface area contributed by atoms with Crippen LogP contribution in [0, 0.1) is 19.8 Å². The van der Waals surface area contributed by atoms with Gasteiger partial charge >= 0.3 is 0 Å². The van der Waals surface area contributed by atoms with Gasteiger partial charge in [-0.25, -0.2) is 0 Å². The quantitative estimate of drug-likeness (QED) is 0.883. The Morgan fingerprint density at radius 1 is 1.50 bits per heavy atom. The first-order valence-electron chi connectivity index (χ1n) is 6.65. The summed E-state index contributed by atoms with van der Waals surface area (Å²) in [5.41, 5.74) is 7.22. The number of nitrogens with two attached hydrogens (primary N) is 1. The summed E-state index contributed by atoms with van der Waals surface area (Å²) in [6.07, 6.45) is 3.97. The Hall–Kier alpha value is -0.870. The van der Waals surface area contributed by atoms with Gasteiger partial charge in [-0.15, -0.1) is 11.3 Å². The Morgan fingerprint density at radius 2 is 2.28 bits per heavy atom. The molecule has 2 atom stereocenters. The molecular weight excluding hydrogens is 244 g/mol. The number of thiophene rings is 1. The van der Waals surface area contributed by atoms with E-state index in [4.69, 9.17) is 5.73 Å². The van der Waals surface area contributed by atoms with Crippen LogP contribution in [0.2, 0.25) is 0 Å². The lowest BCUT2D eigenvalue weighted by atomic mass is 9.85. The lowest BCUT2D eigenvalue weighted by Gasteiger charge is -2.25. The standard InChI is InChI=1S/C14H22N2OS/c1-9-6-13(18-10(9)2)8-16-14(17)11-4-3-5-12(15)7-11/h6,11-12H,3-5,7-8,15H2,1-2H3,(H,16,17). The number of carbonyl (C=O) groups excluding carboxylic acids is 1. The van der Waals surface area contributed by atoms with E-state index in [-0.39, 0.29) is 17.9 Å². The summed E-state index contributed by atoms with van der Waals surface area (Å²) in [5, 5.41) is 3.05. The van der Waals surface area contributed by atoms with Crippen molar-refractivity contribution in [3.05, 3.63) is 21.4 Å². The van der Waals surface area contributed by atoms with Gasteiger partial charge in [-0.05, 0) is 44.7 Å². The molecule has 3 N–H and O–H groups in total. The van der Waals surface area contributed by atoms with E-state index in [2.05, 4.69) is 25.2 Å². The van der Waals surface area contributed by atoms with E-state index in [9.17, 15) is 4.79 Å². The number of aryl methyl sites for hydroxylation is 2. The molecule has 2 unspecified atom stereocenters. The fourth-order valence-corrected chi connectivity index (χ4v) is 3.51. The van der Waals surface area contributed by atoms with Crippen LogP contribution in [0.3, 0.4) is 0 Å². The van der Waals surface area contributed by atoms with Crippen LogP contribution < -0.4 is 11.1 Å². The van der Waals surface area contributed by atoms with Gasteiger partial charge < -0.3 is 11.1 Å². The smallest absolute Gasteiger partial charge is 0.223 e. The molecular formula is C14H22N2OS. The van der Waals surface area contributed by atoms with Gasteiger partial charge in [-0.3, -0.25) is 4.79 Å².